The summed E-state index contributed by atoms with van der Waals surface area (Å²) >= 11 is 7.59. The third-order valence-electron chi connectivity index (χ3n) is 6.07. The summed E-state index contributed by atoms with van der Waals surface area (Å²) in [5.74, 6) is -1.20. The van der Waals surface area contributed by atoms with Crippen LogP contribution in [0.3, 0.4) is 0 Å². The Hall–Kier alpha value is -2.58. The number of nitrogens with one attached hydrogen (secondary N) is 1. The van der Waals surface area contributed by atoms with Gasteiger partial charge < -0.3 is 5.32 Å². The number of imide groups is 1. The zero-order valence-electron chi connectivity index (χ0n) is 15.2. The number of hydrogen-bond acceptors (Lipinski definition) is 6. The number of allylic oxidation sites excluding steroid dienone is 2. The maximum absolute atomic E-state index is 13.3. The van der Waals surface area contributed by atoms with Gasteiger partial charge >= 0.3 is 0 Å². The molecule has 1 aromatic carbocycles. The van der Waals surface area contributed by atoms with E-state index in [9.17, 15) is 14.4 Å². The highest BCUT2D eigenvalue weighted by molar-refractivity contribution is 7.13. The first kappa shape index (κ1) is 18.4. The number of carbonyl (C=O) groups excluding carboxylic acids is 3. The first-order chi connectivity index (χ1) is 14.0. The molecule has 1 N–H and O–H groups in total. The molecule has 0 spiro atoms. The second-order valence-corrected chi connectivity index (χ2v) is 8.82. The van der Waals surface area contributed by atoms with Crippen LogP contribution in [0.15, 0.2) is 41.9 Å². The molecule has 2 aliphatic carbocycles. The van der Waals surface area contributed by atoms with Gasteiger partial charge in [-0.3, -0.25) is 19.3 Å². The summed E-state index contributed by atoms with van der Waals surface area (Å²) in [6.07, 6.45) is 4.86. The van der Waals surface area contributed by atoms with Crippen molar-refractivity contribution in [3.8, 4) is 0 Å². The molecular formula is C20H17ClN4O3S. The molecule has 1 saturated heterocycles. The molecule has 3 amide bonds. The highest BCUT2D eigenvalue weighted by Gasteiger charge is 2.60. The lowest BCUT2D eigenvalue weighted by molar-refractivity contribution is -0.144. The number of likely N-dealkylation sites (tertiary alicyclic amines) is 1. The van der Waals surface area contributed by atoms with Crippen molar-refractivity contribution in [3.05, 3.63) is 52.5 Å². The predicted molar refractivity (Wildman–Crippen MR) is 107 cm³/mol. The van der Waals surface area contributed by atoms with Gasteiger partial charge in [0.1, 0.15) is 5.51 Å². The van der Waals surface area contributed by atoms with Crippen molar-refractivity contribution in [2.75, 3.05) is 5.32 Å². The number of rotatable bonds is 5. The van der Waals surface area contributed by atoms with Crippen molar-refractivity contribution in [2.45, 2.75) is 18.9 Å². The molecule has 0 radical (unpaired) electrons. The minimum absolute atomic E-state index is 0.0943. The summed E-state index contributed by atoms with van der Waals surface area (Å²) in [6.45, 7) is 0. The van der Waals surface area contributed by atoms with E-state index in [0.717, 1.165) is 6.42 Å². The highest BCUT2D eigenvalue weighted by Crippen LogP contribution is 2.54. The van der Waals surface area contributed by atoms with Crippen LogP contribution in [0.2, 0.25) is 5.02 Å². The van der Waals surface area contributed by atoms with E-state index in [1.165, 1.54) is 21.7 Å². The molecule has 3 aliphatic rings. The van der Waals surface area contributed by atoms with Crippen LogP contribution in [0.5, 0.6) is 0 Å². The lowest BCUT2D eigenvalue weighted by Gasteiger charge is -2.28. The van der Waals surface area contributed by atoms with Crippen LogP contribution >= 0.6 is 22.9 Å². The van der Waals surface area contributed by atoms with Crippen LogP contribution in [0.4, 0.5) is 5.13 Å². The second kappa shape index (κ2) is 7.03. The number of anilines is 1. The number of benzene rings is 1. The molecule has 1 saturated carbocycles. The summed E-state index contributed by atoms with van der Waals surface area (Å²) < 4.78 is 0. The molecular weight excluding hydrogens is 412 g/mol. The third kappa shape index (κ3) is 2.98. The van der Waals surface area contributed by atoms with Crippen molar-refractivity contribution < 1.29 is 14.4 Å². The summed E-state index contributed by atoms with van der Waals surface area (Å²) in [7, 11) is 0. The Morgan fingerprint density at radius 1 is 1.21 bits per heavy atom. The van der Waals surface area contributed by atoms with Gasteiger partial charge in [-0.25, -0.2) is 0 Å². The van der Waals surface area contributed by atoms with Gasteiger partial charge in [0.2, 0.25) is 22.9 Å². The van der Waals surface area contributed by atoms with Crippen molar-refractivity contribution in [1.29, 1.82) is 0 Å². The van der Waals surface area contributed by atoms with E-state index in [1.807, 2.05) is 12.2 Å². The molecule has 1 aromatic heterocycles. The van der Waals surface area contributed by atoms with E-state index < -0.39 is 6.04 Å². The standard InChI is InChI=1S/C20H17ClN4O3S/c21-13-4-2-1-3-12(13)14(8-15(26)23-20-24-22-9-29-20)25-18(27)16-10-5-6-11(7-10)17(16)19(25)28/h1-6,9-11,14,16-17H,7-8H2,(H,23,24,26). The van der Waals surface area contributed by atoms with Crippen LogP contribution < -0.4 is 5.32 Å². The fourth-order valence-electron chi connectivity index (χ4n) is 4.89. The minimum atomic E-state index is -0.762. The number of nitrogens with zero attached hydrogens (tertiary/aromatic N) is 3. The molecule has 148 valence electrons. The Balaban J connectivity index is 1.48. The Labute approximate surface area is 175 Å². The van der Waals surface area contributed by atoms with Crippen LogP contribution in [0.25, 0.3) is 0 Å². The van der Waals surface area contributed by atoms with Gasteiger partial charge in [-0.05, 0) is 29.9 Å². The van der Waals surface area contributed by atoms with E-state index >= 15 is 0 Å². The van der Waals surface area contributed by atoms with Crippen molar-refractivity contribution >= 4 is 45.8 Å². The average Bonchev–Trinajstić information content (AvgIpc) is 3.47. The van der Waals surface area contributed by atoms with E-state index in [4.69, 9.17) is 11.6 Å². The second-order valence-electron chi connectivity index (χ2n) is 7.58. The largest absolute Gasteiger partial charge is 0.300 e. The van der Waals surface area contributed by atoms with Gasteiger partial charge in [0.15, 0.2) is 0 Å². The maximum atomic E-state index is 13.3. The number of amides is 3. The predicted octanol–water partition coefficient (Wildman–Crippen LogP) is 3.07. The van der Waals surface area contributed by atoms with E-state index in [0.29, 0.717) is 15.7 Å². The minimum Gasteiger partial charge on any atom is -0.300 e. The first-order valence-electron chi connectivity index (χ1n) is 9.40. The van der Waals surface area contributed by atoms with E-state index in [-0.39, 0.29) is 47.8 Å². The van der Waals surface area contributed by atoms with E-state index in [2.05, 4.69) is 15.5 Å². The third-order valence-corrected chi connectivity index (χ3v) is 7.02. The van der Waals surface area contributed by atoms with Gasteiger partial charge in [-0.1, -0.05) is 53.3 Å². The zero-order chi connectivity index (χ0) is 20.1. The molecule has 5 unspecified atom stereocenters. The molecule has 2 aromatic rings. The summed E-state index contributed by atoms with van der Waals surface area (Å²) in [6, 6.07) is 6.25. The quantitative estimate of drug-likeness (QED) is 0.583. The van der Waals surface area contributed by atoms with Gasteiger partial charge in [-0.2, -0.15) is 0 Å². The van der Waals surface area contributed by atoms with Gasteiger partial charge in [0.05, 0.1) is 24.3 Å². The van der Waals surface area contributed by atoms with Gasteiger partial charge in [0.25, 0.3) is 0 Å². The highest BCUT2D eigenvalue weighted by atomic mass is 35.5. The van der Waals surface area contributed by atoms with E-state index in [1.54, 1.807) is 24.3 Å². The van der Waals surface area contributed by atoms with Crippen LogP contribution in [0, 0.1) is 23.7 Å². The zero-order valence-corrected chi connectivity index (χ0v) is 16.8. The first-order valence-corrected chi connectivity index (χ1v) is 10.7. The Kier molecular flexibility index (Phi) is 4.48. The number of fused-ring (bicyclic) bond motifs is 5. The summed E-state index contributed by atoms with van der Waals surface area (Å²) in [5, 5.41) is 11.0. The molecule has 1 aliphatic heterocycles. The van der Waals surface area contributed by atoms with Crippen molar-refractivity contribution in [3.63, 3.8) is 0 Å². The van der Waals surface area contributed by atoms with Gasteiger partial charge in [-0.15, -0.1) is 10.2 Å². The number of aromatic nitrogens is 2. The lowest BCUT2D eigenvalue weighted by Crippen LogP contribution is -2.38. The molecule has 2 bridgehead atoms. The van der Waals surface area contributed by atoms with Crippen LogP contribution in [-0.2, 0) is 14.4 Å². The number of hydrogen-bond donors (Lipinski definition) is 1. The molecule has 5 rings (SSSR count). The lowest BCUT2D eigenvalue weighted by atomic mass is 9.85. The Morgan fingerprint density at radius 3 is 2.52 bits per heavy atom. The monoisotopic (exact) mass is 428 g/mol. The maximum Gasteiger partial charge on any atom is 0.234 e. The molecule has 2 fully saturated rings. The Morgan fingerprint density at radius 2 is 1.90 bits per heavy atom. The van der Waals surface area contributed by atoms with Crippen LogP contribution in [-0.4, -0.2) is 32.8 Å². The van der Waals surface area contributed by atoms with Crippen molar-refractivity contribution in [1.82, 2.24) is 15.1 Å². The summed E-state index contributed by atoms with van der Waals surface area (Å²) in [5.41, 5.74) is 2.10. The molecule has 29 heavy (non-hydrogen) atoms. The molecule has 5 atom stereocenters. The fourth-order valence-corrected chi connectivity index (χ4v) is 5.61. The smallest absolute Gasteiger partial charge is 0.234 e. The topological polar surface area (TPSA) is 92.3 Å². The number of carbonyl (C=O) groups is 3. The van der Waals surface area contributed by atoms with Crippen molar-refractivity contribution in [2.24, 2.45) is 23.7 Å². The molecule has 9 heteroatoms. The normalized spacial score (nSPS) is 28.1. The SMILES string of the molecule is O=C(CC(c1ccccc1Cl)N1C(=O)C2C3C=CC(C3)C2C1=O)Nc1nncs1. The Bertz CT molecular complexity index is 994. The fraction of sp³-hybridized carbons (Fsp3) is 0.350. The average molecular weight is 429 g/mol. The molecule has 7 nitrogen and oxygen atoms in total. The summed E-state index contributed by atoms with van der Waals surface area (Å²) in [4.78, 5) is 40.5. The van der Waals surface area contributed by atoms with Gasteiger partial charge in [0, 0.05) is 5.02 Å². The number of halogens is 1. The van der Waals surface area contributed by atoms with Crippen LogP contribution in [0.1, 0.15) is 24.4 Å². The molecule has 2 heterocycles.